The molecule has 2 aliphatic heterocycles. The summed E-state index contributed by atoms with van der Waals surface area (Å²) in [6, 6.07) is 0. The van der Waals surface area contributed by atoms with Crippen molar-refractivity contribution < 1.29 is 38.3 Å². The number of aliphatic hydroxyl groups excluding tert-OH is 1. The molecule has 2 fully saturated rings. The predicted molar refractivity (Wildman–Crippen MR) is 133 cm³/mol. The van der Waals surface area contributed by atoms with Gasteiger partial charge in [-0.1, -0.05) is 66.2 Å². The van der Waals surface area contributed by atoms with Crippen LogP contribution >= 0.6 is 0 Å². The predicted octanol–water partition coefficient (Wildman–Crippen LogP) is 4.75. The molecule has 2 rings (SSSR count). The van der Waals surface area contributed by atoms with Crippen LogP contribution in [0.3, 0.4) is 0 Å². The lowest BCUT2D eigenvalue weighted by atomic mass is 9.87. The molecule has 8 nitrogen and oxygen atoms in total. The second kappa shape index (κ2) is 13.7. The van der Waals surface area contributed by atoms with Crippen molar-refractivity contribution in [3.05, 3.63) is 0 Å². The maximum absolute atomic E-state index is 13.1. The van der Waals surface area contributed by atoms with Crippen molar-refractivity contribution in [1.82, 2.24) is 0 Å². The Balaban J connectivity index is 2.19. The number of methoxy groups -OCH3 is 1. The lowest BCUT2D eigenvalue weighted by Gasteiger charge is -2.46. The molecule has 5 atom stereocenters. The first-order chi connectivity index (χ1) is 16.5. The molecule has 2 saturated heterocycles. The molecule has 206 valence electrons. The van der Waals surface area contributed by atoms with Crippen LogP contribution in [-0.2, 0) is 33.2 Å². The quantitative estimate of drug-likeness (QED) is 0.253. The van der Waals surface area contributed by atoms with E-state index in [9.17, 15) is 9.90 Å². The van der Waals surface area contributed by atoms with E-state index in [-0.39, 0.29) is 18.4 Å². The van der Waals surface area contributed by atoms with Gasteiger partial charge in [0.1, 0.15) is 18.3 Å². The molecule has 2 heterocycles. The van der Waals surface area contributed by atoms with Crippen LogP contribution in [0.4, 0.5) is 0 Å². The Morgan fingerprint density at radius 3 is 2.34 bits per heavy atom. The highest BCUT2D eigenvalue weighted by Gasteiger charge is 2.57. The topological polar surface area (TPSA) is 92.7 Å². The number of esters is 1. The third-order valence-electron chi connectivity index (χ3n) is 6.89. The third kappa shape index (κ3) is 8.93. The van der Waals surface area contributed by atoms with Crippen LogP contribution in [-0.4, -0.2) is 74.0 Å². The van der Waals surface area contributed by atoms with Crippen molar-refractivity contribution >= 4 is 5.97 Å². The Hall–Kier alpha value is -0.770. The van der Waals surface area contributed by atoms with Crippen molar-refractivity contribution in [3.63, 3.8) is 0 Å². The largest absolute Gasteiger partial charge is 0.465 e. The first kappa shape index (κ1) is 30.5. The van der Waals surface area contributed by atoms with Gasteiger partial charge in [-0.05, 0) is 32.1 Å². The first-order valence-corrected chi connectivity index (χ1v) is 13.5. The van der Waals surface area contributed by atoms with E-state index in [1.807, 2.05) is 13.8 Å². The van der Waals surface area contributed by atoms with Crippen LogP contribution in [0.2, 0.25) is 0 Å². The number of hydrogen-bond donors (Lipinski definition) is 1. The lowest BCUT2D eigenvalue weighted by molar-refractivity contribution is -0.333. The molecule has 0 radical (unpaired) electrons. The Labute approximate surface area is 212 Å². The van der Waals surface area contributed by atoms with Crippen LogP contribution in [0.25, 0.3) is 0 Å². The Morgan fingerprint density at radius 2 is 1.74 bits per heavy atom. The summed E-state index contributed by atoms with van der Waals surface area (Å²) in [6.07, 6.45) is 5.73. The SMILES string of the molecule is CCCCCCCC(C)(C)CO[C@]1(C(=O)OC)C[C@@H](OCCCC)[C@@H](O)C([C@H]2COC(C)(C)O2)O1. The van der Waals surface area contributed by atoms with Gasteiger partial charge in [-0.15, -0.1) is 0 Å². The fourth-order valence-corrected chi connectivity index (χ4v) is 4.67. The van der Waals surface area contributed by atoms with Gasteiger partial charge < -0.3 is 33.5 Å². The van der Waals surface area contributed by atoms with Gasteiger partial charge >= 0.3 is 5.97 Å². The van der Waals surface area contributed by atoms with E-state index in [0.717, 1.165) is 25.7 Å². The van der Waals surface area contributed by atoms with Crippen LogP contribution in [0.1, 0.15) is 99.3 Å². The summed E-state index contributed by atoms with van der Waals surface area (Å²) in [5.41, 5.74) is -0.157. The van der Waals surface area contributed by atoms with Gasteiger partial charge in [-0.25, -0.2) is 4.79 Å². The number of carbonyl (C=O) groups is 1. The van der Waals surface area contributed by atoms with Crippen LogP contribution in [0.15, 0.2) is 0 Å². The molecule has 0 spiro atoms. The average Bonchev–Trinajstić information content (AvgIpc) is 3.18. The minimum atomic E-state index is -1.69. The van der Waals surface area contributed by atoms with Crippen LogP contribution in [0.5, 0.6) is 0 Å². The standard InChI is InChI=1S/C27H50O8/c1-8-10-12-13-14-15-25(3,4)19-33-27(24(29)30-7)17-20(31-16-11-9-2)22(28)23(35-27)21-18-32-26(5,6)34-21/h20-23,28H,8-19H2,1-7H3/t20-,21-,22-,23?,27-/m1/s1. The molecule has 1 unspecified atom stereocenters. The van der Waals surface area contributed by atoms with Crippen LogP contribution in [0, 0.1) is 5.41 Å². The molecule has 0 amide bonds. The Bertz CT molecular complexity index is 637. The van der Waals surface area contributed by atoms with E-state index in [4.69, 9.17) is 28.4 Å². The summed E-state index contributed by atoms with van der Waals surface area (Å²) in [4.78, 5) is 13.1. The first-order valence-electron chi connectivity index (χ1n) is 13.5. The molecular formula is C27H50O8. The van der Waals surface area contributed by atoms with Gasteiger partial charge in [0.2, 0.25) is 0 Å². The van der Waals surface area contributed by atoms with Gasteiger partial charge in [0, 0.05) is 13.0 Å². The van der Waals surface area contributed by atoms with Gasteiger partial charge in [0.25, 0.3) is 5.79 Å². The molecular weight excluding hydrogens is 452 g/mol. The normalized spacial score (nSPS) is 31.0. The molecule has 0 aromatic heterocycles. The van der Waals surface area contributed by atoms with E-state index in [1.165, 1.54) is 32.8 Å². The Morgan fingerprint density at radius 1 is 1.06 bits per heavy atom. The van der Waals surface area contributed by atoms with Gasteiger partial charge in [-0.3, -0.25) is 0 Å². The van der Waals surface area contributed by atoms with E-state index >= 15 is 0 Å². The summed E-state index contributed by atoms with van der Waals surface area (Å²) < 4.78 is 35.5. The minimum absolute atomic E-state index is 0.0462. The molecule has 2 aliphatic rings. The van der Waals surface area contributed by atoms with E-state index in [1.54, 1.807) is 0 Å². The number of carbonyl (C=O) groups excluding carboxylic acids is 1. The summed E-state index contributed by atoms with van der Waals surface area (Å²) in [7, 11) is 1.32. The maximum atomic E-state index is 13.1. The lowest BCUT2D eigenvalue weighted by Crippen LogP contribution is -2.63. The molecule has 0 bridgehead atoms. The molecule has 1 N–H and O–H groups in total. The molecule has 0 aromatic rings. The van der Waals surface area contributed by atoms with E-state index in [2.05, 4.69) is 27.7 Å². The van der Waals surface area contributed by atoms with Crippen molar-refractivity contribution in [1.29, 1.82) is 0 Å². The number of unbranched alkanes of at least 4 members (excludes halogenated alkanes) is 5. The zero-order valence-electron chi connectivity index (χ0n) is 23.1. The molecule has 8 heteroatoms. The fourth-order valence-electron chi connectivity index (χ4n) is 4.67. The van der Waals surface area contributed by atoms with E-state index < -0.39 is 42.0 Å². The van der Waals surface area contributed by atoms with Gasteiger partial charge in [0.15, 0.2) is 5.79 Å². The number of hydrogen-bond acceptors (Lipinski definition) is 8. The zero-order chi connectivity index (χ0) is 26.1. The highest BCUT2D eigenvalue weighted by Crippen LogP contribution is 2.39. The third-order valence-corrected chi connectivity index (χ3v) is 6.89. The highest BCUT2D eigenvalue weighted by atomic mass is 16.8. The smallest absolute Gasteiger partial charge is 0.366 e. The fraction of sp³-hybridized carbons (Fsp3) is 0.963. The highest BCUT2D eigenvalue weighted by molar-refractivity contribution is 5.78. The van der Waals surface area contributed by atoms with Gasteiger partial charge in [0.05, 0.1) is 26.4 Å². The van der Waals surface area contributed by atoms with Crippen LogP contribution < -0.4 is 0 Å². The summed E-state index contributed by atoms with van der Waals surface area (Å²) in [5, 5.41) is 11.2. The maximum Gasteiger partial charge on any atom is 0.366 e. The molecule has 35 heavy (non-hydrogen) atoms. The van der Waals surface area contributed by atoms with E-state index in [0.29, 0.717) is 13.2 Å². The van der Waals surface area contributed by atoms with Crippen molar-refractivity contribution in [2.24, 2.45) is 5.41 Å². The van der Waals surface area contributed by atoms with Crippen molar-refractivity contribution in [2.75, 3.05) is 26.9 Å². The van der Waals surface area contributed by atoms with Crippen molar-refractivity contribution in [2.45, 2.75) is 135 Å². The Kier molecular flexibility index (Phi) is 11.9. The van der Waals surface area contributed by atoms with Crippen molar-refractivity contribution in [3.8, 4) is 0 Å². The van der Waals surface area contributed by atoms with Gasteiger partial charge in [-0.2, -0.15) is 0 Å². The summed E-state index contributed by atoms with van der Waals surface area (Å²) in [5.74, 6) is -3.13. The second-order valence-electron chi connectivity index (χ2n) is 11.3. The number of ether oxygens (including phenoxy) is 6. The number of rotatable bonds is 15. The molecule has 0 aliphatic carbocycles. The number of aliphatic hydroxyl groups is 1. The summed E-state index contributed by atoms with van der Waals surface area (Å²) >= 11 is 0. The molecule has 0 saturated carbocycles. The molecule has 0 aromatic carbocycles. The monoisotopic (exact) mass is 502 g/mol. The zero-order valence-corrected chi connectivity index (χ0v) is 23.1. The minimum Gasteiger partial charge on any atom is -0.465 e. The second-order valence-corrected chi connectivity index (χ2v) is 11.3. The summed E-state index contributed by atoms with van der Waals surface area (Å²) in [6.45, 7) is 13.2. The average molecular weight is 503 g/mol.